The van der Waals surface area contributed by atoms with Crippen molar-refractivity contribution in [3.05, 3.63) is 53.7 Å². The molecule has 0 radical (unpaired) electrons. The molecule has 2 aromatic rings. The van der Waals surface area contributed by atoms with E-state index in [9.17, 15) is 18.0 Å². The molecule has 9 heteroatoms. The predicted molar refractivity (Wildman–Crippen MR) is 120 cm³/mol. The second kappa shape index (κ2) is 10.2. The summed E-state index contributed by atoms with van der Waals surface area (Å²) in [5.41, 5.74) is 1.23. The molecule has 1 aromatic heterocycles. The Bertz CT molecular complexity index is 1050. The normalized spacial score (nSPS) is 17.2. The molecule has 2 heterocycles. The molecule has 8 nitrogen and oxygen atoms in total. The Hall–Kier alpha value is -2.78. The number of sulfonamides is 1. The molecule has 0 bridgehead atoms. The SMILES string of the molecule is CC(=O)c1ccc(S(=O)(=O)N2CCCCC2C(=O)NCc2ccc(OC(C)C)nc2)cc1. The van der Waals surface area contributed by atoms with Crippen molar-refractivity contribution in [2.45, 2.75) is 63.6 Å². The Labute approximate surface area is 189 Å². The molecule has 3 rings (SSSR count). The summed E-state index contributed by atoms with van der Waals surface area (Å²) >= 11 is 0. The van der Waals surface area contributed by atoms with E-state index < -0.39 is 16.1 Å². The third-order valence-electron chi connectivity index (χ3n) is 5.24. The first kappa shape index (κ1) is 23.9. The zero-order valence-electron chi connectivity index (χ0n) is 18.6. The van der Waals surface area contributed by atoms with Crippen LogP contribution in [0.5, 0.6) is 5.88 Å². The van der Waals surface area contributed by atoms with E-state index >= 15 is 0 Å². The second-order valence-electron chi connectivity index (χ2n) is 8.10. The number of ether oxygens (including phenoxy) is 1. The van der Waals surface area contributed by atoms with Gasteiger partial charge in [-0.2, -0.15) is 4.31 Å². The van der Waals surface area contributed by atoms with Crippen molar-refractivity contribution >= 4 is 21.7 Å². The third kappa shape index (κ3) is 5.72. The van der Waals surface area contributed by atoms with Gasteiger partial charge < -0.3 is 10.1 Å². The molecule has 1 atom stereocenters. The minimum atomic E-state index is -3.87. The first-order valence-electron chi connectivity index (χ1n) is 10.7. The third-order valence-corrected chi connectivity index (χ3v) is 7.17. The van der Waals surface area contributed by atoms with Gasteiger partial charge >= 0.3 is 0 Å². The highest BCUT2D eigenvalue weighted by Crippen LogP contribution is 2.26. The van der Waals surface area contributed by atoms with Crippen molar-refractivity contribution in [2.24, 2.45) is 0 Å². The summed E-state index contributed by atoms with van der Waals surface area (Å²) in [6, 6.07) is 8.60. The van der Waals surface area contributed by atoms with E-state index in [1.807, 2.05) is 19.9 Å². The highest BCUT2D eigenvalue weighted by Gasteiger charge is 2.37. The van der Waals surface area contributed by atoms with Gasteiger partial charge in [0.1, 0.15) is 6.04 Å². The molecule has 32 heavy (non-hydrogen) atoms. The van der Waals surface area contributed by atoms with E-state index in [-0.39, 0.29) is 35.8 Å². The molecular formula is C23H29N3O5S. The number of hydrogen-bond donors (Lipinski definition) is 1. The van der Waals surface area contributed by atoms with Crippen LogP contribution in [0.4, 0.5) is 0 Å². The van der Waals surface area contributed by atoms with Gasteiger partial charge in [0.25, 0.3) is 0 Å². The number of nitrogens with one attached hydrogen (secondary N) is 1. The Morgan fingerprint density at radius 3 is 2.47 bits per heavy atom. The number of rotatable bonds is 8. The number of carbonyl (C=O) groups is 2. The first-order valence-corrected chi connectivity index (χ1v) is 12.1. The standard InChI is InChI=1S/C23H29N3O5S/c1-16(2)31-22-12-7-18(14-24-22)15-25-23(28)21-6-4-5-13-26(21)32(29,30)20-10-8-19(9-11-20)17(3)27/h7-12,14,16,21H,4-6,13,15H2,1-3H3,(H,25,28). The maximum Gasteiger partial charge on any atom is 0.243 e. The fraction of sp³-hybridized carbons (Fsp3) is 0.435. The second-order valence-corrected chi connectivity index (χ2v) is 9.99. The van der Waals surface area contributed by atoms with Crippen molar-refractivity contribution in [3.63, 3.8) is 0 Å². The van der Waals surface area contributed by atoms with Crippen LogP contribution in [0.3, 0.4) is 0 Å². The van der Waals surface area contributed by atoms with Crippen LogP contribution in [0.2, 0.25) is 0 Å². The van der Waals surface area contributed by atoms with Crippen LogP contribution in [-0.4, -0.2) is 48.1 Å². The minimum absolute atomic E-state index is 0.0194. The van der Waals surface area contributed by atoms with E-state index in [0.717, 1.165) is 12.0 Å². The van der Waals surface area contributed by atoms with Crippen molar-refractivity contribution in [1.82, 2.24) is 14.6 Å². The highest BCUT2D eigenvalue weighted by atomic mass is 32.2. The molecular weight excluding hydrogens is 430 g/mol. The average Bonchev–Trinajstić information content (AvgIpc) is 2.78. The van der Waals surface area contributed by atoms with Gasteiger partial charge in [-0.15, -0.1) is 0 Å². The maximum absolute atomic E-state index is 13.2. The van der Waals surface area contributed by atoms with Crippen LogP contribution in [0.25, 0.3) is 0 Å². The monoisotopic (exact) mass is 459 g/mol. The number of hydrogen-bond acceptors (Lipinski definition) is 6. The lowest BCUT2D eigenvalue weighted by atomic mass is 10.0. The van der Waals surface area contributed by atoms with E-state index in [2.05, 4.69) is 10.3 Å². The van der Waals surface area contributed by atoms with Crippen LogP contribution in [0, 0.1) is 0 Å². The summed E-state index contributed by atoms with van der Waals surface area (Å²) in [5, 5.41) is 2.84. The Morgan fingerprint density at radius 2 is 1.88 bits per heavy atom. The lowest BCUT2D eigenvalue weighted by Crippen LogP contribution is -2.51. The Morgan fingerprint density at radius 1 is 1.16 bits per heavy atom. The van der Waals surface area contributed by atoms with Crippen LogP contribution in [-0.2, 0) is 21.4 Å². The molecule has 1 amide bonds. The van der Waals surface area contributed by atoms with Crippen LogP contribution < -0.4 is 10.1 Å². The number of nitrogens with zero attached hydrogens (tertiary/aromatic N) is 2. The first-order chi connectivity index (χ1) is 15.2. The van der Waals surface area contributed by atoms with Gasteiger partial charge in [0.2, 0.25) is 21.8 Å². The lowest BCUT2D eigenvalue weighted by molar-refractivity contribution is -0.125. The number of benzene rings is 1. The smallest absolute Gasteiger partial charge is 0.243 e. The molecule has 0 saturated carbocycles. The molecule has 172 valence electrons. The molecule has 1 aliphatic rings. The van der Waals surface area contributed by atoms with Crippen molar-refractivity contribution in [2.75, 3.05) is 6.54 Å². The topological polar surface area (TPSA) is 106 Å². The summed E-state index contributed by atoms with van der Waals surface area (Å²) in [7, 11) is -3.87. The van der Waals surface area contributed by atoms with Crippen LogP contribution in [0.15, 0.2) is 47.5 Å². The average molecular weight is 460 g/mol. The summed E-state index contributed by atoms with van der Waals surface area (Å²) in [6.45, 7) is 5.77. The summed E-state index contributed by atoms with van der Waals surface area (Å²) in [6.07, 6.45) is 3.57. The number of amides is 1. The molecule has 1 aliphatic heterocycles. The summed E-state index contributed by atoms with van der Waals surface area (Å²) in [5.74, 6) is 0.0361. The van der Waals surface area contributed by atoms with Crippen molar-refractivity contribution in [3.8, 4) is 5.88 Å². The van der Waals surface area contributed by atoms with Gasteiger partial charge in [0.05, 0.1) is 11.0 Å². The van der Waals surface area contributed by atoms with Gasteiger partial charge in [-0.1, -0.05) is 24.6 Å². The number of piperidine rings is 1. The van der Waals surface area contributed by atoms with Crippen LogP contribution >= 0.6 is 0 Å². The zero-order chi connectivity index (χ0) is 23.3. The quantitative estimate of drug-likeness (QED) is 0.609. The largest absolute Gasteiger partial charge is 0.475 e. The van der Waals surface area contributed by atoms with Crippen LogP contribution in [0.1, 0.15) is 56.0 Å². The molecule has 1 saturated heterocycles. The Balaban J connectivity index is 1.69. The predicted octanol–water partition coefficient (Wildman–Crippen LogP) is 2.93. The minimum Gasteiger partial charge on any atom is -0.475 e. The number of pyridine rings is 1. The molecule has 0 spiro atoms. The number of carbonyl (C=O) groups excluding carboxylic acids is 2. The number of ketones is 1. The van der Waals surface area contributed by atoms with Gasteiger partial charge in [-0.25, -0.2) is 13.4 Å². The maximum atomic E-state index is 13.2. The van der Waals surface area contributed by atoms with E-state index in [0.29, 0.717) is 24.3 Å². The Kier molecular flexibility index (Phi) is 7.63. The van der Waals surface area contributed by atoms with E-state index in [1.165, 1.54) is 35.5 Å². The molecule has 1 N–H and O–H groups in total. The van der Waals surface area contributed by atoms with Gasteiger partial charge in [0, 0.05) is 30.9 Å². The van der Waals surface area contributed by atoms with Gasteiger partial charge in [-0.05, 0) is 51.3 Å². The molecule has 1 aromatic carbocycles. The van der Waals surface area contributed by atoms with E-state index in [1.54, 1.807) is 12.3 Å². The molecule has 0 aliphatic carbocycles. The zero-order valence-corrected chi connectivity index (χ0v) is 19.4. The van der Waals surface area contributed by atoms with Gasteiger partial charge in [-0.3, -0.25) is 9.59 Å². The van der Waals surface area contributed by atoms with Crippen molar-refractivity contribution < 1.29 is 22.7 Å². The highest BCUT2D eigenvalue weighted by molar-refractivity contribution is 7.89. The summed E-state index contributed by atoms with van der Waals surface area (Å²) < 4.78 is 33.2. The fourth-order valence-corrected chi connectivity index (χ4v) is 5.24. The molecule has 1 unspecified atom stereocenters. The summed E-state index contributed by atoms with van der Waals surface area (Å²) in [4.78, 5) is 28.7. The number of Topliss-reactive ketones (excluding diaryl/α,β-unsaturated/α-hetero) is 1. The van der Waals surface area contributed by atoms with E-state index in [4.69, 9.17) is 4.74 Å². The molecule has 1 fully saturated rings. The van der Waals surface area contributed by atoms with Crippen molar-refractivity contribution in [1.29, 1.82) is 0 Å². The van der Waals surface area contributed by atoms with Gasteiger partial charge in [0.15, 0.2) is 5.78 Å². The fourth-order valence-electron chi connectivity index (χ4n) is 3.59. The lowest BCUT2D eigenvalue weighted by Gasteiger charge is -2.33. The number of aromatic nitrogens is 1.